The number of likely N-dealkylation sites (N-methyl/N-ethyl adjacent to an activating group) is 2. The maximum absolute atomic E-state index is 14.8. The highest BCUT2D eigenvalue weighted by atomic mass is 16.6. The van der Waals surface area contributed by atoms with Crippen LogP contribution >= 0.6 is 0 Å². The highest BCUT2D eigenvalue weighted by Gasteiger charge is 2.44. The van der Waals surface area contributed by atoms with Crippen molar-refractivity contribution in [3.05, 3.63) is 102 Å². The first-order valence-electron chi connectivity index (χ1n) is 30.0. The predicted octanol–water partition coefficient (Wildman–Crippen LogP) is 10.3. The van der Waals surface area contributed by atoms with Gasteiger partial charge in [-0.15, -0.1) is 0 Å². The SMILES string of the molecule is CC[C@H](C)[C@@H]([C@@H](CC(=O)N1CCC[C@H]1[C@H](OC)[C@@H](C)C(=O)C[C@H](C)[C@@H](O)c1ccccc1)OC)N(C)C(=O)[C@@H](CC(=O)[C@H](C(C)C)N(C)C(=O)OCc1ccc(NC(=O)[C@H](CCCCN)CC(=O)[C@@H](C)Cc2ccccc2)cc1)C(C)C. The Labute approximate surface area is 489 Å². The van der Waals surface area contributed by atoms with Crippen molar-refractivity contribution in [2.45, 2.75) is 176 Å². The summed E-state index contributed by atoms with van der Waals surface area (Å²) in [4.78, 5) is 103. The molecule has 4 rings (SSSR count). The number of carbonyl (C=O) groups excluding carboxylic acids is 7. The zero-order valence-corrected chi connectivity index (χ0v) is 51.5. The van der Waals surface area contributed by atoms with Gasteiger partial charge in [-0.25, -0.2) is 4.79 Å². The van der Waals surface area contributed by atoms with Crippen molar-refractivity contribution in [1.82, 2.24) is 14.7 Å². The lowest BCUT2D eigenvalue weighted by Crippen LogP contribution is -2.54. The molecule has 4 amide bonds. The Kier molecular flexibility index (Phi) is 28.6. The number of unbranched alkanes of at least 4 members (excludes halogenated alkanes) is 1. The van der Waals surface area contributed by atoms with Crippen LogP contribution < -0.4 is 11.1 Å². The Hall–Kier alpha value is -5.81. The van der Waals surface area contributed by atoms with E-state index in [2.05, 4.69) is 5.32 Å². The molecule has 1 fully saturated rings. The summed E-state index contributed by atoms with van der Waals surface area (Å²) in [6, 6.07) is 24.2. The number of anilines is 1. The molecule has 12 atom stereocenters. The van der Waals surface area contributed by atoms with E-state index >= 15 is 0 Å². The van der Waals surface area contributed by atoms with Crippen LogP contribution in [0.25, 0.3) is 0 Å². The van der Waals surface area contributed by atoms with E-state index in [1.807, 2.05) is 123 Å². The van der Waals surface area contributed by atoms with Crippen LogP contribution in [-0.2, 0) is 56.0 Å². The predicted molar refractivity (Wildman–Crippen MR) is 321 cm³/mol. The Morgan fingerprint density at radius 2 is 1.35 bits per heavy atom. The first-order valence-corrected chi connectivity index (χ1v) is 30.0. The molecule has 16 heteroatoms. The molecule has 0 spiro atoms. The second-order valence-electron chi connectivity index (χ2n) is 23.9. The van der Waals surface area contributed by atoms with E-state index in [1.165, 1.54) is 11.9 Å². The van der Waals surface area contributed by atoms with Crippen molar-refractivity contribution in [3.63, 3.8) is 0 Å². The van der Waals surface area contributed by atoms with Crippen molar-refractivity contribution in [2.75, 3.05) is 46.7 Å². The number of nitrogens with zero attached hydrogens (tertiary/aromatic N) is 3. The number of rotatable bonds is 35. The van der Waals surface area contributed by atoms with Gasteiger partial charge in [0.2, 0.25) is 17.7 Å². The number of nitrogens with one attached hydrogen (secondary N) is 1. The molecule has 1 heterocycles. The molecule has 0 aliphatic carbocycles. The molecule has 1 aliphatic heterocycles. The van der Waals surface area contributed by atoms with Crippen LogP contribution in [-0.4, -0.2) is 133 Å². The number of aliphatic hydroxyl groups is 1. The van der Waals surface area contributed by atoms with Gasteiger partial charge < -0.3 is 45.1 Å². The molecule has 16 nitrogen and oxygen atoms in total. The molecule has 4 N–H and O–H groups in total. The average Bonchev–Trinajstić information content (AvgIpc) is 4.17. The molecule has 3 aromatic rings. The Balaban J connectivity index is 1.39. The summed E-state index contributed by atoms with van der Waals surface area (Å²) in [5.74, 6) is -4.07. The van der Waals surface area contributed by atoms with Gasteiger partial charge in [-0.3, -0.25) is 28.8 Å². The highest BCUT2D eigenvalue weighted by molar-refractivity contribution is 5.96. The first kappa shape index (κ1) is 68.7. The van der Waals surface area contributed by atoms with Crippen molar-refractivity contribution in [2.24, 2.45) is 53.1 Å². The van der Waals surface area contributed by atoms with E-state index in [0.717, 1.165) is 30.4 Å². The lowest BCUT2D eigenvalue weighted by Gasteiger charge is -2.41. The molecule has 1 aliphatic rings. The minimum absolute atomic E-state index is 0.0256. The topological polar surface area (TPSA) is 215 Å². The van der Waals surface area contributed by atoms with Crippen molar-refractivity contribution in [1.29, 1.82) is 0 Å². The van der Waals surface area contributed by atoms with Crippen LogP contribution in [0.1, 0.15) is 149 Å². The van der Waals surface area contributed by atoms with Gasteiger partial charge in [0.1, 0.15) is 18.2 Å². The summed E-state index contributed by atoms with van der Waals surface area (Å²) in [6.07, 6.45) is 1.98. The number of carbonyl (C=O) groups is 7. The summed E-state index contributed by atoms with van der Waals surface area (Å²) in [7, 11) is 6.34. The van der Waals surface area contributed by atoms with Gasteiger partial charge in [-0.05, 0) is 91.1 Å². The minimum Gasteiger partial charge on any atom is -0.445 e. The van der Waals surface area contributed by atoms with E-state index < -0.39 is 54.2 Å². The van der Waals surface area contributed by atoms with Gasteiger partial charge >= 0.3 is 6.09 Å². The molecule has 0 bridgehead atoms. The number of benzene rings is 3. The molecule has 3 aromatic carbocycles. The van der Waals surface area contributed by atoms with Crippen molar-refractivity contribution in [3.8, 4) is 0 Å². The van der Waals surface area contributed by atoms with Crippen molar-refractivity contribution < 1.29 is 52.9 Å². The maximum atomic E-state index is 14.8. The largest absolute Gasteiger partial charge is 0.445 e. The maximum Gasteiger partial charge on any atom is 0.410 e. The second kappa shape index (κ2) is 34.1. The Morgan fingerprint density at radius 3 is 1.93 bits per heavy atom. The number of methoxy groups -OCH3 is 2. The van der Waals surface area contributed by atoms with Crippen LogP contribution in [0.3, 0.4) is 0 Å². The minimum atomic E-state index is -0.906. The highest BCUT2D eigenvalue weighted by Crippen LogP contribution is 2.33. The molecule has 0 radical (unpaired) electrons. The number of hydrogen-bond acceptors (Lipinski definition) is 12. The third kappa shape index (κ3) is 19.7. The molecular formula is C66H99N5O11. The summed E-state index contributed by atoms with van der Waals surface area (Å²) in [6.45, 7) is 18.0. The Bertz CT molecular complexity index is 2470. The number of ketones is 3. The lowest BCUT2D eigenvalue weighted by molar-refractivity contribution is -0.149. The molecule has 82 heavy (non-hydrogen) atoms. The zero-order chi connectivity index (χ0) is 60.8. The fraction of sp³-hybridized carbons (Fsp3) is 0.621. The average molecular weight is 1140 g/mol. The third-order valence-corrected chi connectivity index (χ3v) is 17.1. The summed E-state index contributed by atoms with van der Waals surface area (Å²) >= 11 is 0. The Morgan fingerprint density at radius 1 is 0.720 bits per heavy atom. The number of nitrogens with two attached hydrogens (primary N) is 1. The molecule has 0 saturated carbocycles. The van der Waals surface area contributed by atoms with E-state index in [-0.39, 0.29) is 103 Å². The summed E-state index contributed by atoms with van der Waals surface area (Å²) in [5.41, 5.74) is 8.76. The number of aliphatic hydroxyl groups excluding tert-OH is 1. The number of Topliss-reactive ketones (excluding diaryl/α,β-unsaturated/α-hetero) is 3. The van der Waals surface area contributed by atoms with E-state index in [1.54, 1.807) is 55.3 Å². The molecule has 1 saturated heterocycles. The number of amides is 4. The monoisotopic (exact) mass is 1140 g/mol. The zero-order valence-electron chi connectivity index (χ0n) is 51.5. The van der Waals surface area contributed by atoms with Gasteiger partial charge in [-0.1, -0.05) is 148 Å². The molecule has 0 unspecified atom stereocenters. The second-order valence-corrected chi connectivity index (χ2v) is 23.9. The van der Waals surface area contributed by atoms with Crippen molar-refractivity contribution >= 4 is 46.9 Å². The van der Waals surface area contributed by atoms with Gasteiger partial charge in [0.05, 0.1) is 42.9 Å². The standard InChI is InChI=1S/C66H99N5O11/c1-14-44(6)61(58(80-12)40-59(75)71-35-23-29-54(71)63(81-13)47(9)56(73)37-46(8)62(76)50-26-19-16-20-27-50)69(10)65(78)53(42(2)3)39-57(74)60(43(4)5)70(11)66(79)82-41-49-30-32-52(33-31-49)68-64(77)51(28-21-22-34-67)38-55(72)45(7)36-48-24-17-15-18-25-48/h15-20,24-27,30-33,42-47,51,53-54,58,60-63,76H,14,21-23,28-29,34-41,67H2,1-13H3,(H,68,77)/t44-,45-,46-,47-,51+,53-,54-,58+,60-,61-,62+,63+/m0/s1. The van der Waals surface area contributed by atoms with Crippen LogP contribution in [0.2, 0.25) is 0 Å². The molecule has 0 aromatic heterocycles. The quantitative estimate of drug-likeness (QED) is 0.0469. The number of ether oxygens (including phenoxy) is 3. The first-order chi connectivity index (χ1) is 39.0. The fourth-order valence-corrected chi connectivity index (χ4v) is 11.9. The molecular weight excluding hydrogens is 1040 g/mol. The van der Waals surface area contributed by atoms with Gasteiger partial charge in [0.25, 0.3) is 0 Å². The smallest absolute Gasteiger partial charge is 0.410 e. The number of likely N-dealkylation sites (tertiary alicyclic amines) is 1. The van der Waals surface area contributed by atoms with Crippen LogP contribution in [0.4, 0.5) is 10.5 Å². The van der Waals surface area contributed by atoms with Crippen LogP contribution in [0.15, 0.2) is 84.9 Å². The van der Waals surface area contributed by atoms with Crippen LogP contribution in [0, 0.1) is 47.3 Å². The third-order valence-electron chi connectivity index (χ3n) is 17.1. The summed E-state index contributed by atoms with van der Waals surface area (Å²) in [5, 5.41) is 14.0. The number of hydrogen-bond donors (Lipinski definition) is 3. The normalized spacial score (nSPS) is 17.6. The van der Waals surface area contributed by atoms with Gasteiger partial charge in [-0.2, -0.15) is 0 Å². The van der Waals surface area contributed by atoms with Gasteiger partial charge in [0, 0.05) is 83.5 Å². The van der Waals surface area contributed by atoms with Crippen LogP contribution in [0.5, 0.6) is 0 Å². The fourth-order valence-electron chi connectivity index (χ4n) is 11.9. The van der Waals surface area contributed by atoms with Gasteiger partial charge in [0.15, 0.2) is 5.78 Å². The van der Waals surface area contributed by atoms with E-state index in [0.29, 0.717) is 50.0 Å². The van der Waals surface area contributed by atoms with E-state index in [9.17, 15) is 38.7 Å². The lowest BCUT2D eigenvalue weighted by atomic mass is 9.83. The van der Waals surface area contributed by atoms with E-state index in [4.69, 9.17) is 19.9 Å². The summed E-state index contributed by atoms with van der Waals surface area (Å²) < 4.78 is 17.9. The molecule has 454 valence electrons.